The maximum Gasteiger partial charge on any atom is 0.223 e. The van der Waals surface area contributed by atoms with E-state index in [-0.39, 0.29) is 23.9 Å². The van der Waals surface area contributed by atoms with Crippen LogP contribution in [-0.2, 0) is 4.79 Å². The first-order chi connectivity index (χ1) is 11.1. The standard InChI is InChI=1S/C18H26ClN3O/c19-16-8-1-2-9-17(16)22-10-4-7-15(12-22)21-18(23)13-5-3-6-14(20)11-13/h1-2,8-9,13-15H,3-7,10-12,20H2,(H,21,23). The van der Waals surface area contributed by atoms with Gasteiger partial charge >= 0.3 is 0 Å². The van der Waals surface area contributed by atoms with E-state index in [2.05, 4.69) is 10.2 Å². The lowest BCUT2D eigenvalue weighted by Crippen LogP contribution is -2.50. The van der Waals surface area contributed by atoms with E-state index in [9.17, 15) is 4.79 Å². The molecule has 3 rings (SSSR count). The average molecular weight is 336 g/mol. The number of anilines is 1. The third-order valence-electron chi connectivity index (χ3n) is 5.05. The van der Waals surface area contributed by atoms with Gasteiger partial charge in [-0.25, -0.2) is 0 Å². The zero-order valence-electron chi connectivity index (χ0n) is 13.5. The number of nitrogens with zero attached hydrogens (tertiary/aromatic N) is 1. The Morgan fingerprint density at radius 1 is 1.22 bits per heavy atom. The van der Waals surface area contributed by atoms with Crippen LogP contribution in [0.2, 0.25) is 5.02 Å². The molecule has 5 heteroatoms. The monoisotopic (exact) mass is 335 g/mol. The highest BCUT2D eigenvalue weighted by Gasteiger charge is 2.28. The maximum atomic E-state index is 12.5. The molecular formula is C18H26ClN3O. The topological polar surface area (TPSA) is 58.4 Å². The first-order valence-corrected chi connectivity index (χ1v) is 9.06. The van der Waals surface area contributed by atoms with Crippen LogP contribution in [0.4, 0.5) is 5.69 Å². The van der Waals surface area contributed by atoms with Gasteiger partial charge in [-0.3, -0.25) is 4.79 Å². The summed E-state index contributed by atoms with van der Waals surface area (Å²) in [6, 6.07) is 8.31. The van der Waals surface area contributed by atoms with Crippen molar-refractivity contribution in [2.75, 3.05) is 18.0 Å². The summed E-state index contributed by atoms with van der Waals surface area (Å²) in [5.41, 5.74) is 7.07. The van der Waals surface area contributed by atoms with Crippen molar-refractivity contribution >= 4 is 23.2 Å². The van der Waals surface area contributed by atoms with E-state index in [0.717, 1.165) is 62.3 Å². The number of hydrogen-bond acceptors (Lipinski definition) is 3. The number of nitrogens with one attached hydrogen (secondary N) is 1. The molecule has 2 fully saturated rings. The number of carbonyl (C=O) groups is 1. The zero-order chi connectivity index (χ0) is 16.2. The minimum Gasteiger partial charge on any atom is -0.368 e. The lowest BCUT2D eigenvalue weighted by molar-refractivity contribution is -0.126. The van der Waals surface area contributed by atoms with Crippen molar-refractivity contribution in [1.29, 1.82) is 0 Å². The minimum atomic E-state index is 0.0921. The first kappa shape index (κ1) is 16.6. The summed E-state index contributed by atoms with van der Waals surface area (Å²) >= 11 is 6.31. The van der Waals surface area contributed by atoms with Crippen LogP contribution in [0.25, 0.3) is 0 Å². The Morgan fingerprint density at radius 3 is 2.83 bits per heavy atom. The van der Waals surface area contributed by atoms with Crippen LogP contribution >= 0.6 is 11.6 Å². The van der Waals surface area contributed by atoms with Crippen molar-refractivity contribution in [1.82, 2.24) is 5.32 Å². The van der Waals surface area contributed by atoms with Gasteiger partial charge in [-0.1, -0.05) is 30.2 Å². The van der Waals surface area contributed by atoms with E-state index < -0.39 is 0 Å². The van der Waals surface area contributed by atoms with E-state index in [1.165, 1.54) is 0 Å². The summed E-state index contributed by atoms with van der Waals surface area (Å²) in [6.45, 7) is 1.82. The summed E-state index contributed by atoms with van der Waals surface area (Å²) in [5, 5.41) is 4.02. The molecule has 1 aromatic rings. The maximum absolute atomic E-state index is 12.5. The smallest absolute Gasteiger partial charge is 0.223 e. The Hall–Kier alpha value is -1.26. The lowest BCUT2D eigenvalue weighted by atomic mass is 9.85. The molecule has 0 spiro atoms. The molecule has 3 atom stereocenters. The molecule has 1 heterocycles. The van der Waals surface area contributed by atoms with Gasteiger partial charge in [-0.05, 0) is 44.2 Å². The predicted molar refractivity (Wildman–Crippen MR) is 94.8 cm³/mol. The quantitative estimate of drug-likeness (QED) is 0.893. The van der Waals surface area contributed by atoms with Gasteiger partial charge in [-0.2, -0.15) is 0 Å². The fourth-order valence-electron chi connectivity index (χ4n) is 3.81. The highest BCUT2D eigenvalue weighted by atomic mass is 35.5. The van der Waals surface area contributed by atoms with Crippen LogP contribution in [0.5, 0.6) is 0 Å². The lowest BCUT2D eigenvalue weighted by Gasteiger charge is -2.36. The highest BCUT2D eigenvalue weighted by Crippen LogP contribution is 2.28. The van der Waals surface area contributed by atoms with E-state index >= 15 is 0 Å². The first-order valence-electron chi connectivity index (χ1n) is 8.69. The van der Waals surface area contributed by atoms with Crippen LogP contribution in [0.3, 0.4) is 0 Å². The Labute approximate surface area is 143 Å². The summed E-state index contributed by atoms with van der Waals surface area (Å²) in [5.74, 6) is 0.278. The van der Waals surface area contributed by atoms with Gasteiger partial charge in [0.1, 0.15) is 0 Å². The normalized spacial score (nSPS) is 28.4. The van der Waals surface area contributed by atoms with Crippen LogP contribution in [-0.4, -0.2) is 31.1 Å². The zero-order valence-corrected chi connectivity index (χ0v) is 14.3. The van der Waals surface area contributed by atoms with Gasteiger partial charge in [0, 0.05) is 31.1 Å². The molecule has 0 aromatic heterocycles. The van der Waals surface area contributed by atoms with Gasteiger partial charge < -0.3 is 16.0 Å². The number of rotatable bonds is 3. The largest absolute Gasteiger partial charge is 0.368 e. The second-order valence-corrected chi connectivity index (χ2v) is 7.28. The SMILES string of the molecule is NC1CCCC(C(=O)NC2CCCN(c3ccccc3Cl)C2)C1. The minimum absolute atomic E-state index is 0.0921. The van der Waals surface area contributed by atoms with Crippen LogP contribution in [0.1, 0.15) is 38.5 Å². The van der Waals surface area contributed by atoms with Gasteiger partial charge in [0.15, 0.2) is 0 Å². The second kappa shape index (κ2) is 7.54. The molecule has 2 aliphatic rings. The second-order valence-electron chi connectivity index (χ2n) is 6.87. The fraction of sp³-hybridized carbons (Fsp3) is 0.611. The highest BCUT2D eigenvalue weighted by molar-refractivity contribution is 6.33. The fourth-order valence-corrected chi connectivity index (χ4v) is 4.06. The Bertz CT molecular complexity index is 551. The van der Waals surface area contributed by atoms with E-state index in [4.69, 9.17) is 17.3 Å². The van der Waals surface area contributed by atoms with E-state index in [0.29, 0.717) is 0 Å². The van der Waals surface area contributed by atoms with Crippen LogP contribution < -0.4 is 16.0 Å². The van der Waals surface area contributed by atoms with Crippen molar-refractivity contribution < 1.29 is 4.79 Å². The molecule has 0 bridgehead atoms. The number of carbonyl (C=O) groups excluding carboxylic acids is 1. The van der Waals surface area contributed by atoms with E-state index in [1.807, 2.05) is 24.3 Å². The molecule has 23 heavy (non-hydrogen) atoms. The molecule has 126 valence electrons. The number of nitrogens with two attached hydrogens (primary N) is 1. The molecular weight excluding hydrogens is 310 g/mol. The van der Waals surface area contributed by atoms with Gasteiger partial charge in [0.25, 0.3) is 0 Å². The molecule has 1 saturated carbocycles. The van der Waals surface area contributed by atoms with Crippen molar-refractivity contribution in [3.8, 4) is 0 Å². The number of benzene rings is 1. The average Bonchev–Trinajstić information content (AvgIpc) is 2.55. The van der Waals surface area contributed by atoms with Crippen molar-refractivity contribution in [3.63, 3.8) is 0 Å². The number of para-hydroxylation sites is 1. The number of amides is 1. The molecule has 3 unspecified atom stereocenters. The third-order valence-corrected chi connectivity index (χ3v) is 5.37. The molecule has 1 aliphatic carbocycles. The van der Waals surface area contributed by atoms with Crippen LogP contribution in [0.15, 0.2) is 24.3 Å². The van der Waals surface area contributed by atoms with Crippen molar-refractivity contribution in [2.45, 2.75) is 50.6 Å². The van der Waals surface area contributed by atoms with E-state index in [1.54, 1.807) is 0 Å². The molecule has 1 aliphatic heterocycles. The molecule has 0 radical (unpaired) electrons. The molecule has 1 aromatic carbocycles. The van der Waals surface area contributed by atoms with Gasteiger partial charge in [0.05, 0.1) is 10.7 Å². The molecule has 3 N–H and O–H groups in total. The predicted octanol–water partition coefficient (Wildman–Crippen LogP) is 2.94. The summed E-state index contributed by atoms with van der Waals surface area (Å²) < 4.78 is 0. The van der Waals surface area contributed by atoms with Gasteiger partial charge in [0.2, 0.25) is 5.91 Å². The van der Waals surface area contributed by atoms with Crippen molar-refractivity contribution in [3.05, 3.63) is 29.3 Å². The number of halogens is 1. The Balaban J connectivity index is 1.58. The Kier molecular flexibility index (Phi) is 5.44. The summed E-state index contributed by atoms with van der Waals surface area (Å²) in [7, 11) is 0. The molecule has 1 amide bonds. The number of piperidine rings is 1. The summed E-state index contributed by atoms with van der Waals surface area (Å²) in [6.07, 6.45) is 6.02. The molecule has 1 saturated heterocycles. The van der Waals surface area contributed by atoms with Crippen LogP contribution in [0, 0.1) is 5.92 Å². The summed E-state index contributed by atoms with van der Waals surface area (Å²) in [4.78, 5) is 14.8. The third kappa shape index (κ3) is 4.18. The van der Waals surface area contributed by atoms with Gasteiger partial charge in [-0.15, -0.1) is 0 Å². The Morgan fingerprint density at radius 2 is 2.04 bits per heavy atom. The number of hydrogen-bond donors (Lipinski definition) is 2. The van der Waals surface area contributed by atoms with Crippen molar-refractivity contribution in [2.24, 2.45) is 11.7 Å². The molecule has 4 nitrogen and oxygen atoms in total.